The van der Waals surface area contributed by atoms with E-state index in [4.69, 9.17) is 5.73 Å². The van der Waals surface area contributed by atoms with Crippen LogP contribution in [0.4, 0.5) is 25.8 Å². The Morgan fingerprint density at radius 1 is 1.00 bits per heavy atom. The molecule has 0 heterocycles. The van der Waals surface area contributed by atoms with Crippen LogP contribution >= 0.6 is 0 Å². The molecule has 0 unspecified atom stereocenters. The molecule has 0 fully saturated rings. The van der Waals surface area contributed by atoms with Gasteiger partial charge in [-0.15, -0.1) is 0 Å². The van der Waals surface area contributed by atoms with Crippen LogP contribution in [0, 0.1) is 25.5 Å². The molecule has 2 aromatic carbocycles. The van der Waals surface area contributed by atoms with Gasteiger partial charge >= 0.3 is 0 Å². The second-order valence-corrected chi connectivity index (χ2v) is 4.23. The van der Waals surface area contributed by atoms with Gasteiger partial charge in [0.1, 0.15) is 11.6 Å². The minimum atomic E-state index is -0.353. The first kappa shape index (κ1) is 12.4. The van der Waals surface area contributed by atoms with Crippen LogP contribution in [0.25, 0.3) is 0 Å². The zero-order valence-corrected chi connectivity index (χ0v) is 10.2. The van der Waals surface area contributed by atoms with Crippen LogP contribution in [0.2, 0.25) is 0 Å². The molecule has 2 rings (SSSR count). The van der Waals surface area contributed by atoms with Gasteiger partial charge in [0.2, 0.25) is 0 Å². The van der Waals surface area contributed by atoms with E-state index in [9.17, 15) is 8.78 Å². The summed E-state index contributed by atoms with van der Waals surface area (Å²) in [5.41, 5.74) is 8.20. The van der Waals surface area contributed by atoms with Gasteiger partial charge in [-0.1, -0.05) is 6.07 Å². The molecule has 0 aliphatic carbocycles. The lowest BCUT2D eigenvalue weighted by molar-refractivity contribution is 0.618. The highest BCUT2D eigenvalue weighted by Crippen LogP contribution is 2.28. The maximum atomic E-state index is 13.4. The number of rotatable bonds is 2. The molecule has 0 saturated heterocycles. The normalized spacial score (nSPS) is 10.4. The standard InChI is InChI=1S/C14H14F2N2/c1-8-6-14(12(17)7-11(8)16)18-13-5-3-4-10(15)9(13)2/h3-7,18H,17H2,1-2H3. The fraction of sp³-hybridized carbons (Fsp3) is 0.143. The van der Waals surface area contributed by atoms with E-state index in [1.165, 1.54) is 12.1 Å². The van der Waals surface area contributed by atoms with E-state index < -0.39 is 0 Å². The van der Waals surface area contributed by atoms with E-state index in [-0.39, 0.29) is 11.6 Å². The predicted molar refractivity (Wildman–Crippen MR) is 70.0 cm³/mol. The fourth-order valence-electron chi connectivity index (χ4n) is 1.69. The van der Waals surface area contributed by atoms with Crippen LogP contribution < -0.4 is 11.1 Å². The van der Waals surface area contributed by atoms with Crippen LogP contribution in [-0.2, 0) is 0 Å². The molecule has 2 aromatic rings. The molecule has 0 radical (unpaired) electrons. The Morgan fingerprint density at radius 3 is 2.44 bits per heavy atom. The van der Waals surface area contributed by atoms with Gasteiger partial charge in [-0.25, -0.2) is 8.78 Å². The molecule has 4 heteroatoms. The van der Waals surface area contributed by atoms with E-state index in [1.54, 1.807) is 32.0 Å². The van der Waals surface area contributed by atoms with Crippen molar-refractivity contribution in [2.45, 2.75) is 13.8 Å². The first-order chi connectivity index (χ1) is 8.49. The molecule has 0 spiro atoms. The molecule has 2 nitrogen and oxygen atoms in total. The third-order valence-electron chi connectivity index (χ3n) is 2.87. The Labute approximate surface area is 104 Å². The lowest BCUT2D eigenvalue weighted by atomic mass is 10.1. The summed E-state index contributed by atoms with van der Waals surface area (Å²) in [6.45, 7) is 3.32. The van der Waals surface area contributed by atoms with Crippen molar-refractivity contribution in [1.82, 2.24) is 0 Å². The summed E-state index contributed by atoms with van der Waals surface area (Å²) in [6.07, 6.45) is 0. The maximum Gasteiger partial charge on any atom is 0.128 e. The largest absolute Gasteiger partial charge is 0.397 e. The van der Waals surface area contributed by atoms with E-state index in [0.29, 0.717) is 28.2 Å². The van der Waals surface area contributed by atoms with Gasteiger partial charge in [-0.3, -0.25) is 0 Å². The minimum Gasteiger partial charge on any atom is -0.397 e. The molecule has 0 aromatic heterocycles. The van der Waals surface area contributed by atoms with Gasteiger partial charge in [0.05, 0.1) is 11.4 Å². The molecule has 0 amide bonds. The first-order valence-electron chi connectivity index (χ1n) is 5.57. The number of nitrogen functional groups attached to an aromatic ring is 1. The van der Waals surface area contributed by atoms with E-state index >= 15 is 0 Å². The van der Waals surface area contributed by atoms with Gasteiger partial charge < -0.3 is 11.1 Å². The number of anilines is 3. The Hall–Kier alpha value is -2.10. The van der Waals surface area contributed by atoms with E-state index in [2.05, 4.69) is 5.32 Å². The van der Waals surface area contributed by atoms with Crippen molar-refractivity contribution in [1.29, 1.82) is 0 Å². The molecule has 18 heavy (non-hydrogen) atoms. The molecule has 0 aliphatic rings. The average Bonchev–Trinajstić information content (AvgIpc) is 2.32. The quantitative estimate of drug-likeness (QED) is 0.791. The van der Waals surface area contributed by atoms with Crippen molar-refractivity contribution in [3.8, 4) is 0 Å². The van der Waals surface area contributed by atoms with Crippen molar-refractivity contribution in [3.63, 3.8) is 0 Å². The molecule has 0 saturated carbocycles. The van der Waals surface area contributed by atoms with Crippen LogP contribution in [0.1, 0.15) is 11.1 Å². The van der Waals surface area contributed by atoms with Crippen molar-refractivity contribution in [2.75, 3.05) is 11.1 Å². The summed E-state index contributed by atoms with van der Waals surface area (Å²) in [7, 11) is 0. The highest BCUT2D eigenvalue weighted by Gasteiger charge is 2.08. The van der Waals surface area contributed by atoms with E-state index in [0.717, 1.165) is 0 Å². The average molecular weight is 248 g/mol. The molecular weight excluding hydrogens is 234 g/mol. The summed E-state index contributed by atoms with van der Waals surface area (Å²) >= 11 is 0. The van der Waals surface area contributed by atoms with Gasteiger partial charge in [0.25, 0.3) is 0 Å². The number of hydrogen-bond acceptors (Lipinski definition) is 2. The van der Waals surface area contributed by atoms with E-state index in [1.807, 2.05) is 0 Å². The first-order valence-corrected chi connectivity index (χ1v) is 5.57. The minimum absolute atomic E-state index is 0.293. The number of nitrogens with one attached hydrogen (secondary N) is 1. The zero-order valence-electron chi connectivity index (χ0n) is 10.2. The van der Waals surface area contributed by atoms with Crippen molar-refractivity contribution < 1.29 is 8.78 Å². The van der Waals surface area contributed by atoms with Crippen LogP contribution in [-0.4, -0.2) is 0 Å². The summed E-state index contributed by atoms with van der Waals surface area (Å²) in [6, 6.07) is 7.61. The lowest BCUT2D eigenvalue weighted by Gasteiger charge is -2.13. The second-order valence-electron chi connectivity index (χ2n) is 4.23. The van der Waals surface area contributed by atoms with Crippen LogP contribution in [0.5, 0.6) is 0 Å². The Kier molecular flexibility index (Phi) is 3.19. The maximum absolute atomic E-state index is 13.4. The van der Waals surface area contributed by atoms with Crippen LogP contribution in [0.3, 0.4) is 0 Å². The molecule has 3 N–H and O–H groups in total. The van der Waals surface area contributed by atoms with Crippen molar-refractivity contribution in [2.24, 2.45) is 0 Å². The molecular formula is C14H14F2N2. The number of hydrogen-bond donors (Lipinski definition) is 2. The number of halogens is 2. The fourth-order valence-corrected chi connectivity index (χ4v) is 1.69. The third-order valence-corrected chi connectivity index (χ3v) is 2.87. The second kappa shape index (κ2) is 4.64. The Morgan fingerprint density at radius 2 is 1.72 bits per heavy atom. The van der Waals surface area contributed by atoms with Crippen LogP contribution in [0.15, 0.2) is 30.3 Å². The summed E-state index contributed by atoms with van der Waals surface area (Å²) in [5, 5.41) is 3.02. The SMILES string of the molecule is Cc1cc(Nc2cccc(F)c2C)c(N)cc1F. The Bertz CT molecular complexity index is 595. The molecule has 0 aliphatic heterocycles. The lowest BCUT2D eigenvalue weighted by Crippen LogP contribution is -2.00. The highest BCUT2D eigenvalue weighted by atomic mass is 19.1. The number of nitrogens with two attached hydrogens (primary N) is 1. The monoisotopic (exact) mass is 248 g/mol. The third kappa shape index (κ3) is 2.27. The van der Waals surface area contributed by atoms with Crippen molar-refractivity contribution >= 4 is 17.1 Å². The van der Waals surface area contributed by atoms with Crippen molar-refractivity contribution in [3.05, 3.63) is 53.1 Å². The smallest absolute Gasteiger partial charge is 0.128 e. The number of aryl methyl sites for hydroxylation is 1. The topological polar surface area (TPSA) is 38.0 Å². The molecule has 94 valence electrons. The van der Waals surface area contributed by atoms with Gasteiger partial charge in [0, 0.05) is 11.3 Å². The summed E-state index contributed by atoms with van der Waals surface area (Å²) in [5.74, 6) is -0.647. The Balaban J connectivity index is 2.40. The molecule has 0 atom stereocenters. The summed E-state index contributed by atoms with van der Waals surface area (Å²) in [4.78, 5) is 0. The van der Waals surface area contributed by atoms with Gasteiger partial charge in [-0.05, 0) is 43.7 Å². The van der Waals surface area contributed by atoms with Gasteiger partial charge in [0.15, 0.2) is 0 Å². The zero-order chi connectivity index (χ0) is 13.3. The predicted octanol–water partition coefficient (Wildman–Crippen LogP) is 3.91. The highest BCUT2D eigenvalue weighted by molar-refractivity contribution is 5.74. The molecule has 0 bridgehead atoms. The number of benzene rings is 2. The summed E-state index contributed by atoms with van der Waals surface area (Å²) < 4.78 is 26.7. The van der Waals surface area contributed by atoms with Gasteiger partial charge in [-0.2, -0.15) is 0 Å².